The van der Waals surface area contributed by atoms with Crippen molar-refractivity contribution in [2.24, 2.45) is 0 Å². The van der Waals surface area contributed by atoms with Gasteiger partial charge in [0.2, 0.25) is 5.91 Å². The van der Waals surface area contributed by atoms with E-state index in [1.807, 2.05) is 60.7 Å². The molecule has 1 N–H and O–H groups in total. The van der Waals surface area contributed by atoms with E-state index in [0.29, 0.717) is 19.4 Å². The standard InChI is InChI=1S/C21H22N2O4/c24-19-12-11-18(22-21(26)27-15-17-9-5-2-6-10-17)20(25)23(19)14-13-16-7-3-1-4-8-16/h1-10,18H,11-15H2,(H,22,26)/t18-/m0/s1. The summed E-state index contributed by atoms with van der Waals surface area (Å²) in [5, 5.41) is 2.58. The summed E-state index contributed by atoms with van der Waals surface area (Å²) in [5.74, 6) is -0.578. The van der Waals surface area contributed by atoms with Gasteiger partial charge >= 0.3 is 6.09 Å². The maximum atomic E-state index is 12.6. The molecule has 0 aliphatic carbocycles. The Morgan fingerprint density at radius 2 is 1.63 bits per heavy atom. The van der Waals surface area contributed by atoms with E-state index < -0.39 is 12.1 Å². The second-order valence-electron chi connectivity index (χ2n) is 6.42. The summed E-state index contributed by atoms with van der Waals surface area (Å²) in [6, 6.07) is 18.2. The van der Waals surface area contributed by atoms with Gasteiger partial charge in [-0.3, -0.25) is 14.5 Å². The zero-order chi connectivity index (χ0) is 19.1. The lowest BCUT2D eigenvalue weighted by Crippen LogP contribution is -2.54. The number of carbonyl (C=O) groups excluding carboxylic acids is 3. The van der Waals surface area contributed by atoms with Crippen LogP contribution in [-0.2, 0) is 27.4 Å². The number of carbonyl (C=O) groups is 3. The van der Waals surface area contributed by atoms with Crippen molar-refractivity contribution in [1.29, 1.82) is 0 Å². The van der Waals surface area contributed by atoms with Crippen LogP contribution in [0.1, 0.15) is 24.0 Å². The molecule has 2 aromatic rings. The average molecular weight is 366 g/mol. The normalized spacial score (nSPS) is 16.9. The molecule has 3 rings (SSSR count). The van der Waals surface area contributed by atoms with Gasteiger partial charge in [0.25, 0.3) is 5.91 Å². The van der Waals surface area contributed by atoms with Gasteiger partial charge in [0.15, 0.2) is 0 Å². The van der Waals surface area contributed by atoms with Crippen LogP contribution in [0.15, 0.2) is 60.7 Å². The number of amides is 3. The minimum atomic E-state index is -0.734. The molecule has 0 spiro atoms. The molecule has 140 valence electrons. The van der Waals surface area contributed by atoms with Gasteiger partial charge in [-0.15, -0.1) is 0 Å². The van der Waals surface area contributed by atoms with Crippen molar-refractivity contribution < 1.29 is 19.1 Å². The molecule has 6 heteroatoms. The van der Waals surface area contributed by atoms with E-state index in [2.05, 4.69) is 5.32 Å². The van der Waals surface area contributed by atoms with Crippen LogP contribution in [0.2, 0.25) is 0 Å². The van der Waals surface area contributed by atoms with Crippen LogP contribution in [0.4, 0.5) is 4.79 Å². The third kappa shape index (κ3) is 5.17. The van der Waals surface area contributed by atoms with Crippen molar-refractivity contribution in [3.05, 3.63) is 71.8 Å². The van der Waals surface area contributed by atoms with Gasteiger partial charge in [-0.2, -0.15) is 0 Å². The maximum absolute atomic E-state index is 12.6. The topological polar surface area (TPSA) is 75.7 Å². The summed E-state index contributed by atoms with van der Waals surface area (Å²) >= 11 is 0. The van der Waals surface area contributed by atoms with Gasteiger partial charge in [-0.05, 0) is 24.0 Å². The molecular weight excluding hydrogens is 344 g/mol. The smallest absolute Gasteiger partial charge is 0.408 e. The van der Waals surface area contributed by atoms with Crippen LogP contribution >= 0.6 is 0 Å². The van der Waals surface area contributed by atoms with Gasteiger partial charge in [0, 0.05) is 13.0 Å². The molecular formula is C21H22N2O4. The number of rotatable bonds is 6. The Kier molecular flexibility index (Phi) is 6.20. The molecule has 1 saturated heterocycles. The summed E-state index contributed by atoms with van der Waals surface area (Å²) in [7, 11) is 0. The third-order valence-electron chi connectivity index (χ3n) is 4.48. The van der Waals surface area contributed by atoms with Crippen LogP contribution < -0.4 is 5.32 Å². The molecule has 0 bridgehead atoms. The number of likely N-dealkylation sites (tertiary alicyclic amines) is 1. The molecule has 6 nitrogen and oxygen atoms in total. The molecule has 0 aromatic heterocycles. The zero-order valence-electron chi connectivity index (χ0n) is 15.0. The van der Waals surface area contributed by atoms with Gasteiger partial charge < -0.3 is 10.1 Å². The predicted octanol–water partition coefficient (Wildman–Crippen LogP) is 2.67. The Bertz CT molecular complexity index is 792. The van der Waals surface area contributed by atoms with Gasteiger partial charge in [0.05, 0.1) is 0 Å². The molecule has 27 heavy (non-hydrogen) atoms. The van der Waals surface area contributed by atoms with Crippen LogP contribution in [0.25, 0.3) is 0 Å². The van der Waals surface area contributed by atoms with Gasteiger partial charge in [-0.25, -0.2) is 4.79 Å². The minimum Gasteiger partial charge on any atom is -0.445 e. The lowest BCUT2D eigenvalue weighted by Gasteiger charge is -2.30. The Morgan fingerprint density at radius 3 is 2.30 bits per heavy atom. The van der Waals surface area contributed by atoms with Crippen molar-refractivity contribution in [3.63, 3.8) is 0 Å². The van der Waals surface area contributed by atoms with Crippen molar-refractivity contribution in [1.82, 2.24) is 10.2 Å². The second kappa shape index (κ2) is 8.98. The van der Waals surface area contributed by atoms with E-state index in [9.17, 15) is 14.4 Å². The molecule has 1 atom stereocenters. The number of nitrogens with one attached hydrogen (secondary N) is 1. The van der Waals surface area contributed by atoms with Crippen LogP contribution in [0, 0.1) is 0 Å². The summed E-state index contributed by atoms with van der Waals surface area (Å²) in [4.78, 5) is 38.0. The summed E-state index contributed by atoms with van der Waals surface area (Å²) in [6.45, 7) is 0.434. The maximum Gasteiger partial charge on any atom is 0.408 e. The van der Waals surface area contributed by atoms with Crippen LogP contribution in [0.3, 0.4) is 0 Å². The fraction of sp³-hybridized carbons (Fsp3) is 0.286. The molecule has 0 saturated carbocycles. The largest absolute Gasteiger partial charge is 0.445 e. The fourth-order valence-electron chi connectivity index (χ4n) is 3.00. The predicted molar refractivity (Wildman–Crippen MR) is 99.7 cm³/mol. The van der Waals surface area contributed by atoms with Crippen molar-refractivity contribution >= 4 is 17.9 Å². The van der Waals surface area contributed by atoms with E-state index in [1.165, 1.54) is 4.90 Å². The van der Waals surface area contributed by atoms with E-state index in [0.717, 1.165) is 11.1 Å². The van der Waals surface area contributed by atoms with Crippen molar-refractivity contribution in [3.8, 4) is 0 Å². The summed E-state index contributed by atoms with van der Waals surface area (Å²) in [5.41, 5.74) is 1.91. The molecule has 0 radical (unpaired) electrons. The quantitative estimate of drug-likeness (QED) is 0.798. The van der Waals surface area contributed by atoms with Gasteiger partial charge in [-0.1, -0.05) is 60.7 Å². The first kappa shape index (κ1) is 18.6. The number of ether oxygens (including phenoxy) is 1. The Labute approximate surface area is 158 Å². The first-order valence-corrected chi connectivity index (χ1v) is 8.99. The molecule has 1 aliphatic heterocycles. The average Bonchev–Trinajstić information content (AvgIpc) is 2.70. The van der Waals surface area contributed by atoms with Crippen LogP contribution in [-0.4, -0.2) is 35.4 Å². The number of hydrogen-bond acceptors (Lipinski definition) is 4. The number of imide groups is 1. The molecule has 1 aliphatic rings. The molecule has 1 heterocycles. The number of alkyl carbamates (subject to hydrolysis) is 1. The highest BCUT2D eigenvalue weighted by Gasteiger charge is 2.35. The molecule has 0 unspecified atom stereocenters. The highest BCUT2D eigenvalue weighted by molar-refractivity contribution is 6.01. The summed E-state index contributed by atoms with van der Waals surface area (Å²) < 4.78 is 5.16. The third-order valence-corrected chi connectivity index (χ3v) is 4.48. The SMILES string of the molecule is O=C(N[C@H]1CCC(=O)N(CCc2ccccc2)C1=O)OCc1ccccc1. The van der Waals surface area contributed by atoms with Crippen LogP contribution in [0.5, 0.6) is 0 Å². The van der Waals surface area contributed by atoms with E-state index in [-0.39, 0.29) is 24.8 Å². The monoisotopic (exact) mass is 366 g/mol. The number of hydrogen-bond donors (Lipinski definition) is 1. The lowest BCUT2D eigenvalue weighted by molar-refractivity contribution is -0.149. The van der Waals surface area contributed by atoms with Gasteiger partial charge in [0.1, 0.15) is 12.6 Å². The van der Waals surface area contributed by atoms with Crippen molar-refractivity contribution in [2.45, 2.75) is 31.9 Å². The summed E-state index contributed by atoms with van der Waals surface area (Å²) in [6.07, 6.45) is 0.447. The lowest BCUT2D eigenvalue weighted by atomic mass is 10.0. The highest BCUT2D eigenvalue weighted by Crippen LogP contribution is 2.15. The highest BCUT2D eigenvalue weighted by atomic mass is 16.5. The molecule has 1 fully saturated rings. The molecule has 2 aromatic carbocycles. The Hall–Kier alpha value is -3.15. The fourth-order valence-corrected chi connectivity index (χ4v) is 3.00. The second-order valence-corrected chi connectivity index (χ2v) is 6.42. The number of piperidine rings is 1. The van der Waals surface area contributed by atoms with E-state index >= 15 is 0 Å². The van der Waals surface area contributed by atoms with E-state index in [4.69, 9.17) is 4.74 Å². The minimum absolute atomic E-state index is 0.129. The number of benzene rings is 2. The Balaban J connectivity index is 1.52. The number of nitrogens with zero attached hydrogens (tertiary/aromatic N) is 1. The first-order chi connectivity index (χ1) is 13.1. The Morgan fingerprint density at radius 1 is 1.00 bits per heavy atom. The van der Waals surface area contributed by atoms with Crippen molar-refractivity contribution in [2.75, 3.05) is 6.54 Å². The molecule has 3 amide bonds. The zero-order valence-corrected chi connectivity index (χ0v) is 15.0. The first-order valence-electron chi connectivity index (χ1n) is 8.99. The van der Waals surface area contributed by atoms with E-state index in [1.54, 1.807) is 0 Å².